The first-order valence-electron chi connectivity index (χ1n) is 27.4. The van der Waals surface area contributed by atoms with Crippen molar-refractivity contribution in [3.05, 3.63) is 36.5 Å². The van der Waals surface area contributed by atoms with Crippen molar-refractivity contribution in [1.29, 1.82) is 0 Å². The number of aliphatic hydroxyl groups is 1. The number of aliphatic hydroxyl groups excluding tert-OH is 1. The molecule has 0 fully saturated rings. The minimum absolute atomic E-state index is 0.00248. The molecule has 0 aliphatic carbocycles. The van der Waals surface area contributed by atoms with Crippen LogP contribution in [0.4, 0.5) is 0 Å². The number of carbonyl (C=O) groups excluding carboxylic acids is 1. The van der Waals surface area contributed by atoms with Crippen LogP contribution < -0.4 is 10.2 Å². The molecule has 0 spiro atoms. The Morgan fingerprint density at radius 2 is 0.906 bits per heavy atom. The van der Waals surface area contributed by atoms with Crippen LogP contribution in [-0.2, 0) is 18.4 Å². The third-order valence-electron chi connectivity index (χ3n) is 12.3. The number of carbonyl (C=O) groups is 1. The maximum Gasteiger partial charge on any atom is 0.268 e. The number of unbranched alkanes of at least 4 members (excludes halogenated alkanes) is 33. The molecule has 9 heteroatoms. The number of amides is 1. The highest BCUT2D eigenvalue weighted by Gasteiger charge is 2.23. The minimum Gasteiger partial charge on any atom is -0.756 e. The second kappa shape index (κ2) is 46.8. The van der Waals surface area contributed by atoms with Gasteiger partial charge in [0.1, 0.15) is 13.2 Å². The molecule has 8 nitrogen and oxygen atoms in total. The fourth-order valence-electron chi connectivity index (χ4n) is 8.01. The van der Waals surface area contributed by atoms with Crippen LogP contribution in [0, 0.1) is 0 Å². The Morgan fingerprint density at radius 1 is 0.547 bits per heavy atom. The first kappa shape index (κ1) is 62.7. The van der Waals surface area contributed by atoms with Crippen molar-refractivity contribution < 1.29 is 32.9 Å². The largest absolute Gasteiger partial charge is 0.756 e. The molecule has 1 amide bonds. The van der Waals surface area contributed by atoms with E-state index in [-0.39, 0.29) is 19.1 Å². The average Bonchev–Trinajstić information content (AvgIpc) is 3.25. The average molecular weight is 923 g/mol. The van der Waals surface area contributed by atoms with Crippen LogP contribution >= 0.6 is 7.82 Å². The Kier molecular flexibility index (Phi) is 45.9. The smallest absolute Gasteiger partial charge is 0.268 e. The lowest BCUT2D eigenvalue weighted by Gasteiger charge is -2.29. The third kappa shape index (κ3) is 48.6. The molecule has 3 unspecified atom stereocenters. The van der Waals surface area contributed by atoms with Crippen LogP contribution in [0.1, 0.15) is 258 Å². The van der Waals surface area contributed by atoms with Crippen LogP contribution in [0.2, 0.25) is 0 Å². The maximum atomic E-state index is 12.9. The zero-order chi connectivity index (χ0) is 47.1. The van der Waals surface area contributed by atoms with Crippen LogP contribution in [-0.4, -0.2) is 68.5 Å². The van der Waals surface area contributed by atoms with E-state index in [0.29, 0.717) is 17.4 Å². The first-order valence-corrected chi connectivity index (χ1v) is 28.8. The monoisotopic (exact) mass is 923 g/mol. The Bertz CT molecular complexity index is 1140. The molecule has 0 saturated carbocycles. The summed E-state index contributed by atoms with van der Waals surface area (Å²) in [5.41, 5.74) is 0. The molecule has 2 N–H and O–H groups in total. The van der Waals surface area contributed by atoms with Crippen LogP contribution in [0.25, 0.3) is 0 Å². The summed E-state index contributed by atoms with van der Waals surface area (Å²) in [6, 6.07) is -0.891. The van der Waals surface area contributed by atoms with Gasteiger partial charge in [-0.1, -0.05) is 237 Å². The zero-order valence-corrected chi connectivity index (χ0v) is 43.9. The van der Waals surface area contributed by atoms with E-state index in [1.807, 2.05) is 27.2 Å². The molecule has 0 rings (SSSR count). The molecule has 0 saturated heterocycles. The van der Waals surface area contributed by atoms with Crippen LogP contribution in [0.3, 0.4) is 0 Å². The zero-order valence-electron chi connectivity index (χ0n) is 43.0. The molecular formula is C55H107N2O6P. The van der Waals surface area contributed by atoms with Crippen molar-refractivity contribution in [2.24, 2.45) is 0 Å². The lowest BCUT2D eigenvalue weighted by molar-refractivity contribution is -0.870. The highest BCUT2D eigenvalue weighted by atomic mass is 31.2. The Hall–Kier alpha value is -1.28. The van der Waals surface area contributed by atoms with Gasteiger partial charge in [-0.25, -0.2) is 0 Å². The van der Waals surface area contributed by atoms with Gasteiger partial charge in [0.05, 0.1) is 39.9 Å². The molecule has 0 aromatic heterocycles. The van der Waals surface area contributed by atoms with Crippen molar-refractivity contribution in [3.8, 4) is 0 Å². The SMILES string of the molecule is CCCCC/C=C\C/C=C\CCCCCCCCCC(=O)NC(COP(=O)([O-])OCC[N+](C)(C)C)C(O)/C=C/CCCCCCCCCCCCCCCCCCCCCCCCC. The van der Waals surface area contributed by atoms with Gasteiger partial charge in [0.2, 0.25) is 5.91 Å². The number of quaternary nitrogens is 1. The van der Waals surface area contributed by atoms with Gasteiger partial charge in [0.15, 0.2) is 0 Å². The van der Waals surface area contributed by atoms with Crippen molar-refractivity contribution in [2.45, 2.75) is 270 Å². The fraction of sp³-hybridized carbons (Fsp3) is 0.873. The second-order valence-electron chi connectivity index (χ2n) is 19.9. The quantitative estimate of drug-likeness (QED) is 0.0272. The van der Waals surface area contributed by atoms with E-state index in [4.69, 9.17) is 9.05 Å². The summed E-state index contributed by atoms with van der Waals surface area (Å²) >= 11 is 0. The summed E-state index contributed by atoms with van der Waals surface area (Å²) in [5.74, 6) is -0.204. The van der Waals surface area contributed by atoms with E-state index < -0.39 is 20.0 Å². The maximum absolute atomic E-state index is 12.9. The standard InChI is InChI=1S/C55H107N2O6P/c1-6-8-10-12-14-16-18-20-22-24-25-26-27-28-29-30-31-33-34-36-38-40-42-44-46-48-54(58)53(52-63-64(60,61)62-51-50-57(3,4)5)56-55(59)49-47-45-43-41-39-37-35-32-23-21-19-17-15-13-11-9-7-2/h15,17,21,23,46,48,53-54,58H,6-14,16,18-20,22,24-45,47,49-52H2,1-5H3,(H-,56,59,60,61)/b17-15-,23-21-,48-46+. The highest BCUT2D eigenvalue weighted by Crippen LogP contribution is 2.38. The Morgan fingerprint density at radius 3 is 1.33 bits per heavy atom. The topological polar surface area (TPSA) is 108 Å². The van der Waals surface area contributed by atoms with E-state index in [1.54, 1.807) is 6.08 Å². The summed E-state index contributed by atoms with van der Waals surface area (Å²) in [5, 5.41) is 13.9. The molecule has 0 aliphatic rings. The van der Waals surface area contributed by atoms with E-state index in [2.05, 4.69) is 43.5 Å². The fourth-order valence-corrected chi connectivity index (χ4v) is 8.73. The molecule has 0 heterocycles. The predicted molar refractivity (Wildman–Crippen MR) is 275 cm³/mol. The van der Waals surface area contributed by atoms with Crippen LogP contribution in [0.15, 0.2) is 36.5 Å². The van der Waals surface area contributed by atoms with Gasteiger partial charge in [0.25, 0.3) is 7.82 Å². The van der Waals surface area contributed by atoms with Gasteiger partial charge in [0, 0.05) is 6.42 Å². The number of likely N-dealkylation sites (N-methyl/N-ethyl adjacent to an activating group) is 1. The molecule has 0 radical (unpaired) electrons. The molecule has 3 atom stereocenters. The second-order valence-corrected chi connectivity index (χ2v) is 21.3. The van der Waals surface area contributed by atoms with Crippen molar-refractivity contribution >= 4 is 13.7 Å². The molecule has 0 aromatic rings. The third-order valence-corrected chi connectivity index (χ3v) is 13.3. The number of hydrogen-bond donors (Lipinski definition) is 2. The molecule has 0 aliphatic heterocycles. The number of rotatable bonds is 50. The van der Waals surface area contributed by atoms with Gasteiger partial charge in [-0.2, -0.15) is 0 Å². The van der Waals surface area contributed by atoms with E-state index in [0.717, 1.165) is 57.8 Å². The van der Waals surface area contributed by atoms with Gasteiger partial charge >= 0.3 is 0 Å². The number of phosphoric ester groups is 1. The number of nitrogens with one attached hydrogen (secondary N) is 1. The van der Waals surface area contributed by atoms with E-state index in [1.165, 1.54) is 180 Å². The highest BCUT2D eigenvalue weighted by molar-refractivity contribution is 7.45. The number of phosphoric acid groups is 1. The Labute approximate surface area is 397 Å². The normalized spacial score (nSPS) is 14.3. The molecule has 0 aromatic carbocycles. The van der Waals surface area contributed by atoms with Crippen molar-refractivity contribution in [2.75, 3.05) is 40.9 Å². The molecule has 64 heavy (non-hydrogen) atoms. The van der Waals surface area contributed by atoms with Crippen molar-refractivity contribution in [3.63, 3.8) is 0 Å². The van der Waals surface area contributed by atoms with Crippen LogP contribution in [0.5, 0.6) is 0 Å². The summed E-state index contributed by atoms with van der Waals surface area (Å²) in [6.45, 7) is 4.64. The molecular weight excluding hydrogens is 816 g/mol. The summed E-state index contributed by atoms with van der Waals surface area (Å²) < 4.78 is 23.3. The summed E-state index contributed by atoms with van der Waals surface area (Å²) in [4.78, 5) is 25.4. The molecule has 0 bridgehead atoms. The van der Waals surface area contributed by atoms with Gasteiger partial charge in [-0.05, 0) is 51.4 Å². The first-order chi connectivity index (χ1) is 31.0. The van der Waals surface area contributed by atoms with Gasteiger partial charge < -0.3 is 28.8 Å². The van der Waals surface area contributed by atoms with E-state index >= 15 is 0 Å². The lowest BCUT2D eigenvalue weighted by Crippen LogP contribution is -2.45. The Balaban J connectivity index is 4.24. The summed E-state index contributed by atoms with van der Waals surface area (Å²) in [6.07, 6.45) is 59.2. The summed E-state index contributed by atoms with van der Waals surface area (Å²) in [7, 11) is 1.26. The number of hydrogen-bond acceptors (Lipinski definition) is 6. The van der Waals surface area contributed by atoms with Crippen molar-refractivity contribution in [1.82, 2.24) is 5.32 Å². The van der Waals surface area contributed by atoms with E-state index in [9.17, 15) is 19.4 Å². The van der Waals surface area contributed by atoms with Gasteiger partial charge in [-0.3, -0.25) is 9.36 Å². The number of nitrogens with zero attached hydrogens (tertiary/aromatic N) is 1. The van der Waals surface area contributed by atoms with Gasteiger partial charge in [-0.15, -0.1) is 0 Å². The lowest BCUT2D eigenvalue weighted by atomic mass is 10.0. The number of allylic oxidation sites excluding steroid dienone is 5. The minimum atomic E-state index is -4.60. The predicted octanol–water partition coefficient (Wildman–Crippen LogP) is 15.6. The molecule has 378 valence electrons.